The van der Waals surface area contributed by atoms with E-state index < -0.39 is 0 Å². The van der Waals surface area contributed by atoms with Gasteiger partial charge in [-0.25, -0.2) is 4.68 Å². The average molecular weight is 329 g/mol. The summed E-state index contributed by atoms with van der Waals surface area (Å²) in [4.78, 5) is 14.5. The van der Waals surface area contributed by atoms with Gasteiger partial charge < -0.3 is 9.64 Å². The highest BCUT2D eigenvalue weighted by atomic mass is 16.5. The van der Waals surface area contributed by atoms with E-state index in [0.29, 0.717) is 13.0 Å². The normalized spacial score (nSPS) is 17.8. The van der Waals surface area contributed by atoms with Crippen LogP contribution < -0.4 is 4.74 Å². The number of piperidine rings is 1. The van der Waals surface area contributed by atoms with E-state index in [9.17, 15) is 4.79 Å². The molecule has 1 saturated heterocycles. The molecule has 2 aromatic rings. The van der Waals surface area contributed by atoms with E-state index in [4.69, 9.17) is 4.74 Å². The number of aryl methyl sites for hydroxylation is 2. The predicted octanol–water partition coefficient (Wildman–Crippen LogP) is 1.56. The van der Waals surface area contributed by atoms with Gasteiger partial charge in [-0.15, -0.1) is 5.10 Å². The summed E-state index contributed by atoms with van der Waals surface area (Å²) in [7, 11) is 3.50. The van der Waals surface area contributed by atoms with Gasteiger partial charge in [0.25, 0.3) is 0 Å². The maximum absolute atomic E-state index is 12.5. The molecule has 0 saturated carbocycles. The lowest BCUT2D eigenvalue weighted by Gasteiger charge is -2.32. The summed E-state index contributed by atoms with van der Waals surface area (Å²) in [6, 6.07) is 7.88. The van der Waals surface area contributed by atoms with Crippen molar-refractivity contribution < 1.29 is 9.53 Å². The molecular formula is C17H23N5O2. The smallest absolute Gasteiger partial charge is 0.222 e. The van der Waals surface area contributed by atoms with Crippen molar-refractivity contribution in [1.29, 1.82) is 0 Å². The predicted molar refractivity (Wildman–Crippen MR) is 88.7 cm³/mol. The molecule has 0 N–H and O–H groups in total. The molecule has 7 nitrogen and oxygen atoms in total. The number of tetrazole rings is 1. The Morgan fingerprint density at radius 3 is 2.79 bits per heavy atom. The molecule has 2 heterocycles. The summed E-state index contributed by atoms with van der Waals surface area (Å²) in [6.45, 7) is 1.53. The van der Waals surface area contributed by atoms with Gasteiger partial charge in [0, 0.05) is 32.5 Å². The number of carbonyl (C=O) groups is 1. The maximum atomic E-state index is 12.5. The third-order valence-electron chi connectivity index (χ3n) is 4.58. The molecule has 1 aliphatic heterocycles. The number of amides is 1. The van der Waals surface area contributed by atoms with Crippen LogP contribution in [0.25, 0.3) is 0 Å². The Hall–Kier alpha value is -2.44. The quantitative estimate of drug-likeness (QED) is 0.832. The number of nitrogens with zero attached hydrogens (tertiary/aromatic N) is 5. The Labute approximate surface area is 141 Å². The van der Waals surface area contributed by atoms with Gasteiger partial charge in [-0.1, -0.05) is 12.1 Å². The number of hydrogen-bond donors (Lipinski definition) is 0. The molecule has 1 aliphatic rings. The average Bonchev–Trinajstić information content (AvgIpc) is 3.06. The van der Waals surface area contributed by atoms with Crippen LogP contribution in [0.15, 0.2) is 24.3 Å². The van der Waals surface area contributed by atoms with Gasteiger partial charge >= 0.3 is 0 Å². The highest BCUT2D eigenvalue weighted by Crippen LogP contribution is 2.25. The summed E-state index contributed by atoms with van der Waals surface area (Å²) >= 11 is 0. The lowest BCUT2D eigenvalue weighted by atomic mass is 9.96. The summed E-state index contributed by atoms with van der Waals surface area (Å²) in [5, 5.41) is 11.7. The lowest BCUT2D eigenvalue weighted by molar-refractivity contribution is -0.132. The molecule has 0 spiro atoms. The number of methoxy groups -OCH3 is 1. The van der Waals surface area contributed by atoms with Crippen LogP contribution in [0.3, 0.4) is 0 Å². The van der Waals surface area contributed by atoms with Crippen molar-refractivity contribution in [2.75, 3.05) is 20.2 Å². The zero-order chi connectivity index (χ0) is 16.9. The molecule has 1 amide bonds. The second kappa shape index (κ2) is 7.42. The van der Waals surface area contributed by atoms with Crippen molar-refractivity contribution in [3.8, 4) is 5.75 Å². The first-order valence-corrected chi connectivity index (χ1v) is 8.30. The van der Waals surface area contributed by atoms with Crippen molar-refractivity contribution in [2.45, 2.75) is 31.6 Å². The fourth-order valence-corrected chi connectivity index (χ4v) is 3.20. The van der Waals surface area contributed by atoms with E-state index in [0.717, 1.165) is 42.9 Å². The summed E-state index contributed by atoms with van der Waals surface area (Å²) < 4.78 is 6.86. The molecule has 0 radical (unpaired) electrons. The second-order valence-electron chi connectivity index (χ2n) is 6.19. The summed E-state index contributed by atoms with van der Waals surface area (Å²) in [5.41, 5.74) is 1.15. The molecule has 7 heteroatoms. The third-order valence-corrected chi connectivity index (χ3v) is 4.58. The molecule has 1 aromatic heterocycles. The SMILES string of the molecule is COc1ccc(CCC(=O)N2CCCC(c3nnnn3C)C2)cc1. The Morgan fingerprint density at radius 2 is 2.12 bits per heavy atom. The van der Waals surface area contributed by atoms with Crippen molar-refractivity contribution in [2.24, 2.45) is 7.05 Å². The molecule has 1 unspecified atom stereocenters. The zero-order valence-corrected chi connectivity index (χ0v) is 14.2. The molecule has 0 aliphatic carbocycles. The summed E-state index contributed by atoms with van der Waals surface area (Å²) in [6.07, 6.45) is 3.29. The van der Waals surface area contributed by atoms with Crippen LogP contribution in [0, 0.1) is 0 Å². The van der Waals surface area contributed by atoms with Gasteiger partial charge in [-0.2, -0.15) is 0 Å². The third kappa shape index (κ3) is 3.72. The first-order chi connectivity index (χ1) is 11.7. The minimum atomic E-state index is 0.200. The number of aromatic nitrogens is 4. The van der Waals surface area contributed by atoms with E-state index in [2.05, 4.69) is 15.5 Å². The number of benzene rings is 1. The van der Waals surface area contributed by atoms with E-state index in [1.165, 1.54) is 0 Å². The Balaban J connectivity index is 1.55. The van der Waals surface area contributed by atoms with Gasteiger partial charge in [0.15, 0.2) is 5.82 Å². The number of ether oxygens (including phenoxy) is 1. The summed E-state index contributed by atoms with van der Waals surface area (Å²) in [5.74, 6) is 2.12. The van der Waals surface area contributed by atoms with Crippen LogP contribution in [0.5, 0.6) is 5.75 Å². The highest BCUT2D eigenvalue weighted by Gasteiger charge is 2.27. The van der Waals surface area contributed by atoms with Gasteiger partial charge in [-0.3, -0.25) is 4.79 Å². The maximum Gasteiger partial charge on any atom is 0.222 e. The van der Waals surface area contributed by atoms with Crippen LogP contribution in [-0.2, 0) is 18.3 Å². The van der Waals surface area contributed by atoms with Crippen LogP contribution in [0.2, 0.25) is 0 Å². The largest absolute Gasteiger partial charge is 0.497 e. The van der Waals surface area contributed by atoms with Crippen LogP contribution in [0.4, 0.5) is 0 Å². The first-order valence-electron chi connectivity index (χ1n) is 8.30. The number of hydrogen-bond acceptors (Lipinski definition) is 5. The lowest BCUT2D eigenvalue weighted by Crippen LogP contribution is -2.39. The molecule has 1 aromatic carbocycles. The number of likely N-dealkylation sites (tertiary alicyclic amines) is 1. The van der Waals surface area contributed by atoms with Crippen molar-refractivity contribution in [1.82, 2.24) is 25.1 Å². The fourth-order valence-electron chi connectivity index (χ4n) is 3.20. The zero-order valence-electron chi connectivity index (χ0n) is 14.2. The van der Waals surface area contributed by atoms with E-state index in [1.807, 2.05) is 36.2 Å². The van der Waals surface area contributed by atoms with E-state index in [-0.39, 0.29) is 11.8 Å². The number of rotatable bonds is 5. The Kier molecular flexibility index (Phi) is 5.08. The van der Waals surface area contributed by atoms with Crippen molar-refractivity contribution >= 4 is 5.91 Å². The van der Waals surface area contributed by atoms with Gasteiger partial charge in [0.2, 0.25) is 5.91 Å². The second-order valence-corrected chi connectivity index (χ2v) is 6.19. The van der Waals surface area contributed by atoms with Crippen molar-refractivity contribution in [3.05, 3.63) is 35.7 Å². The number of carbonyl (C=O) groups excluding carboxylic acids is 1. The Morgan fingerprint density at radius 1 is 1.33 bits per heavy atom. The molecule has 3 rings (SSSR count). The van der Waals surface area contributed by atoms with E-state index in [1.54, 1.807) is 11.8 Å². The minimum Gasteiger partial charge on any atom is -0.497 e. The van der Waals surface area contributed by atoms with Crippen LogP contribution >= 0.6 is 0 Å². The van der Waals surface area contributed by atoms with Crippen LogP contribution in [-0.4, -0.2) is 51.2 Å². The molecule has 1 fully saturated rings. The molecule has 128 valence electrons. The van der Waals surface area contributed by atoms with Gasteiger partial charge in [0.1, 0.15) is 5.75 Å². The molecule has 24 heavy (non-hydrogen) atoms. The van der Waals surface area contributed by atoms with Gasteiger partial charge in [0.05, 0.1) is 7.11 Å². The molecule has 1 atom stereocenters. The fraction of sp³-hybridized carbons (Fsp3) is 0.529. The topological polar surface area (TPSA) is 73.1 Å². The highest BCUT2D eigenvalue weighted by molar-refractivity contribution is 5.76. The van der Waals surface area contributed by atoms with Crippen molar-refractivity contribution in [3.63, 3.8) is 0 Å². The van der Waals surface area contributed by atoms with E-state index >= 15 is 0 Å². The molecular weight excluding hydrogens is 306 g/mol. The minimum absolute atomic E-state index is 0.200. The Bertz CT molecular complexity index is 683. The molecule has 0 bridgehead atoms. The van der Waals surface area contributed by atoms with Gasteiger partial charge in [-0.05, 0) is 47.4 Å². The standard InChI is InChI=1S/C17H23N5O2/c1-21-17(18-19-20-21)14-4-3-11-22(12-14)16(23)10-7-13-5-8-15(24-2)9-6-13/h5-6,8-9,14H,3-4,7,10-12H2,1-2H3. The monoisotopic (exact) mass is 329 g/mol. The van der Waals surface area contributed by atoms with Crippen LogP contribution in [0.1, 0.15) is 36.6 Å². The first kappa shape index (κ1) is 16.4.